The third kappa shape index (κ3) is 4.50. The number of benzene rings is 1. The van der Waals surface area contributed by atoms with Gasteiger partial charge in [0.2, 0.25) is 5.91 Å². The van der Waals surface area contributed by atoms with Crippen molar-refractivity contribution in [2.45, 2.75) is 26.2 Å². The van der Waals surface area contributed by atoms with Crippen LogP contribution in [0.25, 0.3) is 0 Å². The van der Waals surface area contributed by atoms with Gasteiger partial charge in [0, 0.05) is 17.5 Å². The Balaban J connectivity index is 1.69. The van der Waals surface area contributed by atoms with E-state index < -0.39 is 30.1 Å². The minimum atomic E-state index is -4.60. The van der Waals surface area contributed by atoms with E-state index in [9.17, 15) is 22.4 Å². The van der Waals surface area contributed by atoms with E-state index in [1.165, 1.54) is 23.9 Å². The van der Waals surface area contributed by atoms with Crippen molar-refractivity contribution < 1.29 is 22.4 Å². The van der Waals surface area contributed by atoms with Gasteiger partial charge in [0.15, 0.2) is 11.5 Å². The molecule has 11 heteroatoms. The first-order valence-corrected chi connectivity index (χ1v) is 8.39. The number of nitrogens with one attached hydrogen (secondary N) is 1. The van der Waals surface area contributed by atoms with Crippen LogP contribution >= 0.6 is 11.6 Å². The predicted octanol–water partition coefficient (Wildman–Crippen LogP) is 3.89. The number of aryl methyl sites for hydroxylation is 1. The Bertz CT molecular complexity index is 1010. The first kappa shape index (κ1) is 19.9. The highest BCUT2D eigenvalue weighted by molar-refractivity contribution is 6.33. The Morgan fingerprint density at radius 2 is 1.96 bits per heavy atom. The first-order valence-electron chi connectivity index (χ1n) is 8.01. The second-order valence-electron chi connectivity index (χ2n) is 5.99. The van der Waals surface area contributed by atoms with Gasteiger partial charge in [0.25, 0.3) is 0 Å². The Kier molecular flexibility index (Phi) is 5.41. The number of aromatic nitrogens is 4. The van der Waals surface area contributed by atoms with Crippen LogP contribution in [0.15, 0.2) is 36.5 Å². The molecule has 0 saturated heterocycles. The van der Waals surface area contributed by atoms with Crippen LogP contribution in [-0.4, -0.2) is 25.5 Å². The Morgan fingerprint density at radius 1 is 1.25 bits per heavy atom. The van der Waals surface area contributed by atoms with Gasteiger partial charge in [-0.2, -0.15) is 23.4 Å². The van der Waals surface area contributed by atoms with E-state index in [4.69, 9.17) is 11.6 Å². The van der Waals surface area contributed by atoms with E-state index in [2.05, 4.69) is 15.5 Å². The maximum atomic E-state index is 13.7. The summed E-state index contributed by atoms with van der Waals surface area (Å²) in [7, 11) is 0. The fourth-order valence-electron chi connectivity index (χ4n) is 2.48. The number of alkyl halides is 3. The van der Waals surface area contributed by atoms with Gasteiger partial charge >= 0.3 is 6.18 Å². The van der Waals surface area contributed by atoms with Gasteiger partial charge in [-0.3, -0.25) is 14.2 Å². The van der Waals surface area contributed by atoms with E-state index in [0.717, 1.165) is 10.7 Å². The molecule has 2 aromatic heterocycles. The molecule has 0 bridgehead atoms. The smallest absolute Gasteiger partial charge is 0.306 e. The number of halogens is 5. The lowest BCUT2D eigenvalue weighted by atomic mass is 10.2. The minimum Gasteiger partial charge on any atom is -0.306 e. The molecule has 2 heterocycles. The lowest BCUT2D eigenvalue weighted by molar-refractivity contribution is -0.141. The molecule has 0 aliphatic carbocycles. The first-order chi connectivity index (χ1) is 13.1. The summed E-state index contributed by atoms with van der Waals surface area (Å²) in [5, 5.41) is 9.98. The zero-order chi connectivity index (χ0) is 20.5. The molecular formula is C17H14ClF4N5O. The van der Waals surface area contributed by atoms with Gasteiger partial charge in [-0.25, -0.2) is 4.39 Å². The fourth-order valence-corrected chi connectivity index (χ4v) is 2.68. The number of hydrogen-bond donors (Lipinski definition) is 1. The van der Waals surface area contributed by atoms with Crippen molar-refractivity contribution in [3.63, 3.8) is 0 Å². The lowest BCUT2D eigenvalue weighted by Gasteiger charge is -2.06. The third-order valence-electron chi connectivity index (χ3n) is 3.83. The molecule has 0 fully saturated rings. The summed E-state index contributed by atoms with van der Waals surface area (Å²) in [6.45, 7) is 1.06. The van der Waals surface area contributed by atoms with Crippen LogP contribution in [0.5, 0.6) is 0 Å². The monoisotopic (exact) mass is 415 g/mol. The van der Waals surface area contributed by atoms with Crippen molar-refractivity contribution in [1.29, 1.82) is 0 Å². The highest BCUT2D eigenvalue weighted by Crippen LogP contribution is 2.28. The number of anilines is 1. The Morgan fingerprint density at radius 3 is 2.61 bits per heavy atom. The van der Waals surface area contributed by atoms with E-state index >= 15 is 0 Å². The second kappa shape index (κ2) is 7.63. The fraction of sp³-hybridized carbons (Fsp3) is 0.235. The van der Waals surface area contributed by atoms with Gasteiger partial charge in [-0.1, -0.05) is 29.8 Å². The van der Waals surface area contributed by atoms with Crippen LogP contribution in [0.1, 0.15) is 17.0 Å². The van der Waals surface area contributed by atoms with E-state index in [0.29, 0.717) is 5.56 Å². The molecule has 0 spiro atoms. The molecule has 0 atom stereocenters. The third-order valence-corrected chi connectivity index (χ3v) is 4.11. The summed E-state index contributed by atoms with van der Waals surface area (Å²) in [5.41, 5.74) is -0.518. The quantitative estimate of drug-likeness (QED) is 0.643. The van der Waals surface area contributed by atoms with Gasteiger partial charge < -0.3 is 5.32 Å². The number of amides is 1. The maximum Gasteiger partial charge on any atom is 0.435 e. The zero-order valence-electron chi connectivity index (χ0n) is 14.5. The van der Waals surface area contributed by atoms with Crippen LogP contribution < -0.4 is 5.32 Å². The number of hydrogen-bond acceptors (Lipinski definition) is 3. The van der Waals surface area contributed by atoms with E-state index in [1.807, 2.05) is 0 Å². The summed E-state index contributed by atoms with van der Waals surface area (Å²) in [4.78, 5) is 12.1. The highest BCUT2D eigenvalue weighted by Gasteiger charge is 2.34. The molecule has 1 N–H and O–H groups in total. The van der Waals surface area contributed by atoms with Crippen molar-refractivity contribution in [3.05, 3.63) is 64.3 Å². The number of carbonyl (C=O) groups excluding carboxylic acids is 1. The average molecular weight is 416 g/mol. The summed E-state index contributed by atoms with van der Waals surface area (Å²) in [6.07, 6.45) is -3.19. The minimum absolute atomic E-state index is 0.0175. The van der Waals surface area contributed by atoms with Crippen LogP contribution in [-0.2, 0) is 24.1 Å². The largest absolute Gasteiger partial charge is 0.435 e. The number of rotatable bonds is 5. The molecule has 3 rings (SSSR count). The molecule has 1 amide bonds. The van der Waals surface area contributed by atoms with Crippen molar-refractivity contribution in [1.82, 2.24) is 19.6 Å². The van der Waals surface area contributed by atoms with Crippen LogP contribution in [0.4, 0.5) is 23.4 Å². The molecule has 0 unspecified atom stereocenters. The molecule has 0 radical (unpaired) electrons. The van der Waals surface area contributed by atoms with E-state index in [1.54, 1.807) is 18.2 Å². The Hall–Kier alpha value is -2.88. The molecular weight excluding hydrogens is 402 g/mol. The average Bonchev–Trinajstić information content (AvgIpc) is 3.13. The van der Waals surface area contributed by atoms with Crippen molar-refractivity contribution in [3.8, 4) is 0 Å². The molecule has 0 aliphatic rings. The topological polar surface area (TPSA) is 64.7 Å². The summed E-state index contributed by atoms with van der Waals surface area (Å²) in [6, 6.07) is 6.98. The molecule has 6 nitrogen and oxygen atoms in total. The molecule has 28 heavy (non-hydrogen) atoms. The van der Waals surface area contributed by atoms with Crippen molar-refractivity contribution >= 4 is 23.3 Å². The van der Waals surface area contributed by atoms with Gasteiger partial charge in [-0.15, -0.1) is 0 Å². The Labute approximate surface area is 161 Å². The van der Waals surface area contributed by atoms with E-state index in [-0.39, 0.29) is 23.1 Å². The molecule has 0 aliphatic heterocycles. The van der Waals surface area contributed by atoms with Crippen molar-refractivity contribution in [2.24, 2.45) is 0 Å². The van der Waals surface area contributed by atoms with Gasteiger partial charge in [0.05, 0.1) is 6.54 Å². The summed E-state index contributed by atoms with van der Waals surface area (Å²) < 4.78 is 54.1. The second-order valence-corrected chi connectivity index (χ2v) is 6.40. The van der Waals surface area contributed by atoms with Crippen molar-refractivity contribution in [2.75, 3.05) is 5.32 Å². The normalized spacial score (nSPS) is 11.6. The summed E-state index contributed by atoms with van der Waals surface area (Å²) in [5.74, 6) is -1.05. The van der Waals surface area contributed by atoms with Gasteiger partial charge in [0.1, 0.15) is 17.4 Å². The number of carbonyl (C=O) groups is 1. The molecule has 148 valence electrons. The van der Waals surface area contributed by atoms with Crippen LogP contribution in [0, 0.1) is 12.7 Å². The predicted molar refractivity (Wildman–Crippen MR) is 93.3 cm³/mol. The highest BCUT2D eigenvalue weighted by atomic mass is 35.5. The zero-order valence-corrected chi connectivity index (χ0v) is 15.2. The van der Waals surface area contributed by atoms with Crippen LogP contribution in [0.3, 0.4) is 0 Å². The SMILES string of the molecule is Cc1cc(C(F)(F)F)nn1CC(=O)Nc1nn(Cc2ccccc2F)cc1Cl. The standard InChI is InChI=1S/C17H14ClF4N5O/c1-10-6-14(17(20,21)22)24-27(10)9-15(28)23-16-12(18)8-26(25-16)7-11-4-2-3-5-13(11)19/h2-6,8H,7,9H2,1H3,(H,23,25,28). The molecule has 3 aromatic rings. The van der Waals surface area contributed by atoms with Gasteiger partial charge in [-0.05, 0) is 19.1 Å². The van der Waals surface area contributed by atoms with Crippen LogP contribution in [0.2, 0.25) is 5.02 Å². The maximum absolute atomic E-state index is 13.7. The lowest BCUT2D eigenvalue weighted by Crippen LogP contribution is -2.21. The molecule has 1 aromatic carbocycles. The molecule has 0 saturated carbocycles. The number of nitrogens with zero attached hydrogens (tertiary/aromatic N) is 4. The summed E-state index contributed by atoms with van der Waals surface area (Å²) >= 11 is 6.03.